The van der Waals surface area contributed by atoms with Crippen LogP contribution in [0.2, 0.25) is 0 Å². The highest BCUT2D eigenvalue weighted by atomic mass is 32.2. The van der Waals surface area contributed by atoms with Crippen LogP contribution in [0.4, 0.5) is 0 Å². The van der Waals surface area contributed by atoms with Crippen LogP contribution in [-0.4, -0.2) is 66.8 Å². The first-order valence-corrected chi connectivity index (χ1v) is 7.63. The van der Waals surface area contributed by atoms with E-state index in [0.717, 1.165) is 4.90 Å². The van der Waals surface area contributed by atoms with E-state index < -0.39 is 39.6 Å². The third kappa shape index (κ3) is 2.86. The maximum absolute atomic E-state index is 12.2. The second-order valence-electron chi connectivity index (χ2n) is 4.72. The number of amides is 2. The van der Waals surface area contributed by atoms with Gasteiger partial charge >= 0.3 is 5.97 Å². The fourth-order valence-corrected chi connectivity index (χ4v) is 4.05. The van der Waals surface area contributed by atoms with Gasteiger partial charge in [-0.15, -0.1) is 0 Å². The minimum Gasteiger partial charge on any atom is -0.480 e. The first-order chi connectivity index (χ1) is 8.80. The number of nitrogens with one attached hydrogen (secondary N) is 1. The van der Waals surface area contributed by atoms with Crippen LogP contribution < -0.4 is 5.32 Å². The Bertz CT molecular complexity index is 528. The molecule has 0 aromatic heterocycles. The predicted molar refractivity (Wildman–Crippen MR) is 62.9 cm³/mol. The number of aliphatic carboxylic acids is 1. The lowest BCUT2D eigenvalue weighted by atomic mass is 10.0. The zero-order valence-electron chi connectivity index (χ0n) is 10.0. The summed E-state index contributed by atoms with van der Waals surface area (Å²) >= 11 is 0. The minimum absolute atomic E-state index is 0.0683. The molecule has 2 atom stereocenters. The second-order valence-corrected chi connectivity index (χ2v) is 6.95. The summed E-state index contributed by atoms with van der Waals surface area (Å²) < 4.78 is 22.7. The minimum atomic E-state index is -3.23. The molecule has 106 valence electrons. The molecule has 2 heterocycles. The van der Waals surface area contributed by atoms with Crippen molar-refractivity contribution in [1.29, 1.82) is 0 Å². The van der Waals surface area contributed by atoms with Gasteiger partial charge in [0.1, 0.15) is 12.6 Å². The van der Waals surface area contributed by atoms with E-state index in [1.807, 2.05) is 0 Å². The van der Waals surface area contributed by atoms with Gasteiger partial charge in [-0.2, -0.15) is 0 Å². The third-order valence-electron chi connectivity index (χ3n) is 3.33. The number of nitrogens with zero attached hydrogens (tertiary/aromatic N) is 1. The zero-order valence-corrected chi connectivity index (χ0v) is 10.9. The molecule has 0 aromatic carbocycles. The van der Waals surface area contributed by atoms with E-state index in [-0.39, 0.29) is 31.0 Å². The summed E-state index contributed by atoms with van der Waals surface area (Å²) in [5, 5.41) is 11.4. The van der Waals surface area contributed by atoms with E-state index in [9.17, 15) is 22.8 Å². The van der Waals surface area contributed by atoms with Gasteiger partial charge in [0.2, 0.25) is 11.8 Å². The SMILES string of the molecule is O=C1CN(C(=O)C2CCS(=O)(=O)C2)C(C(=O)O)CN1. The van der Waals surface area contributed by atoms with Crippen LogP contribution in [-0.2, 0) is 24.2 Å². The van der Waals surface area contributed by atoms with Gasteiger partial charge in [-0.3, -0.25) is 9.59 Å². The number of carbonyl (C=O) groups is 3. The standard InChI is InChI=1S/C10H14N2O6S/c13-8-4-12(7(3-11-8)10(15)16)9(14)6-1-2-19(17,18)5-6/h6-7H,1-5H2,(H,11,13)(H,15,16). The predicted octanol–water partition coefficient (Wildman–Crippen LogP) is -2.17. The van der Waals surface area contributed by atoms with Crippen molar-refractivity contribution < 1.29 is 27.9 Å². The number of carboxylic acid groups (broad SMARTS) is 1. The lowest BCUT2D eigenvalue weighted by Gasteiger charge is -2.34. The molecule has 2 fully saturated rings. The Labute approximate surface area is 109 Å². The number of carbonyl (C=O) groups excluding carboxylic acids is 2. The summed E-state index contributed by atoms with van der Waals surface area (Å²) in [5.41, 5.74) is 0. The van der Waals surface area contributed by atoms with Gasteiger partial charge < -0.3 is 15.3 Å². The molecule has 2 aliphatic heterocycles. The molecular formula is C10H14N2O6S. The second kappa shape index (κ2) is 4.80. The molecule has 19 heavy (non-hydrogen) atoms. The van der Waals surface area contributed by atoms with Gasteiger partial charge in [-0.25, -0.2) is 13.2 Å². The maximum atomic E-state index is 12.2. The summed E-state index contributed by atoms with van der Waals surface area (Å²) in [6, 6.07) is -1.13. The average Bonchev–Trinajstić information content (AvgIpc) is 2.68. The van der Waals surface area contributed by atoms with Crippen LogP contribution in [0.3, 0.4) is 0 Å². The molecule has 8 nitrogen and oxygen atoms in total. The fourth-order valence-electron chi connectivity index (χ4n) is 2.32. The van der Waals surface area contributed by atoms with Crippen molar-refractivity contribution in [3.05, 3.63) is 0 Å². The van der Waals surface area contributed by atoms with Crippen LogP contribution in [0.15, 0.2) is 0 Å². The number of piperazine rings is 1. The van der Waals surface area contributed by atoms with Gasteiger partial charge in [0, 0.05) is 6.54 Å². The van der Waals surface area contributed by atoms with E-state index >= 15 is 0 Å². The first kappa shape index (κ1) is 13.8. The molecule has 2 rings (SSSR count). The highest BCUT2D eigenvalue weighted by Crippen LogP contribution is 2.22. The maximum Gasteiger partial charge on any atom is 0.328 e. The number of hydrogen-bond acceptors (Lipinski definition) is 5. The first-order valence-electron chi connectivity index (χ1n) is 5.80. The van der Waals surface area contributed by atoms with Crippen LogP contribution in [0.1, 0.15) is 6.42 Å². The Balaban J connectivity index is 2.15. The Morgan fingerprint density at radius 1 is 1.37 bits per heavy atom. The van der Waals surface area contributed by atoms with Crippen molar-refractivity contribution in [3.63, 3.8) is 0 Å². The van der Waals surface area contributed by atoms with Crippen molar-refractivity contribution in [2.75, 3.05) is 24.6 Å². The lowest BCUT2D eigenvalue weighted by molar-refractivity contribution is -0.155. The van der Waals surface area contributed by atoms with E-state index in [0.29, 0.717) is 0 Å². The molecule has 2 saturated heterocycles. The van der Waals surface area contributed by atoms with Crippen LogP contribution in [0.25, 0.3) is 0 Å². The molecule has 0 bridgehead atoms. The summed E-state index contributed by atoms with van der Waals surface area (Å²) in [7, 11) is -3.23. The molecule has 0 saturated carbocycles. The van der Waals surface area contributed by atoms with Gasteiger partial charge in [0.15, 0.2) is 9.84 Å². The van der Waals surface area contributed by atoms with Gasteiger partial charge in [0.05, 0.1) is 17.4 Å². The number of hydrogen-bond donors (Lipinski definition) is 2. The largest absolute Gasteiger partial charge is 0.480 e. The fraction of sp³-hybridized carbons (Fsp3) is 0.700. The molecule has 0 radical (unpaired) electrons. The summed E-state index contributed by atoms with van der Waals surface area (Å²) in [4.78, 5) is 35.5. The zero-order chi connectivity index (χ0) is 14.2. The van der Waals surface area contributed by atoms with Crippen LogP contribution in [0.5, 0.6) is 0 Å². The van der Waals surface area contributed by atoms with E-state index in [1.165, 1.54) is 0 Å². The van der Waals surface area contributed by atoms with Crippen LogP contribution in [0, 0.1) is 5.92 Å². The Hall–Kier alpha value is -1.64. The number of sulfone groups is 1. The molecular weight excluding hydrogens is 276 g/mol. The van der Waals surface area contributed by atoms with Gasteiger partial charge in [0.25, 0.3) is 0 Å². The topological polar surface area (TPSA) is 121 Å². The molecule has 0 aromatic rings. The molecule has 2 aliphatic rings. The van der Waals surface area contributed by atoms with Crippen molar-refractivity contribution in [1.82, 2.24) is 10.2 Å². The average molecular weight is 290 g/mol. The highest BCUT2D eigenvalue weighted by Gasteiger charge is 2.41. The summed E-state index contributed by atoms with van der Waals surface area (Å²) in [6.07, 6.45) is 0.186. The molecule has 0 aliphatic carbocycles. The Morgan fingerprint density at radius 3 is 2.58 bits per heavy atom. The monoisotopic (exact) mass is 290 g/mol. The third-order valence-corrected chi connectivity index (χ3v) is 5.10. The normalized spacial score (nSPS) is 29.9. The van der Waals surface area contributed by atoms with Crippen molar-refractivity contribution in [2.24, 2.45) is 5.92 Å². The molecule has 9 heteroatoms. The number of carboxylic acids is 1. The van der Waals surface area contributed by atoms with Crippen molar-refractivity contribution in [2.45, 2.75) is 12.5 Å². The molecule has 2 amide bonds. The van der Waals surface area contributed by atoms with Gasteiger partial charge in [-0.1, -0.05) is 0 Å². The quantitative estimate of drug-likeness (QED) is 0.597. The highest BCUT2D eigenvalue weighted by molar-refractivity contribution is 7.91. The van der Waals surface area contributed by atoms with E-state index in [1.54, 1.807) is 0 Å². The summed E-state index contributed by atoms with van der Waals surface area (Å²) in [6.45, 7) is -0.494. The van der Waals surface area contributed by atoms with Crippen molar-refractivity contribution >= 4 is 27.6 Å². The number of rotatable bonds is 2. The summed E-state index contributed by atoms with van der Waals surface area (Å²) in [5.74, 6) is -3.29. The van der Waals surface area contributed by atoms with E-state index in [2.05, 4.69) is 5.32 Å². The van der Waals surface area contributed by atoms with Crippen molar-refractivity contribution in [3.8, 4) is 0 Å². The smallest absolute Gasteiger partial charge is 0.328 e. The van der Waals surface area contributed by atoms with Crippen LogP contribution >= 0.6 is 0 Å². The molecule has 2 unspecified atom stereocenters. The molecule has 0 spiro atoms. The Kier molecular flexibility index (Phi) is 3.48. The van der Waals surface area contributed by atoms with Gasteiger partial charge in [-0.05, 0) is 6.42 Å². The Morgan fingerprint density at radius 2 is 2.05 bits per heavy atom. The molecule has 2 N–H and O–H groups in total. The van der Waals surface area contributed by atoms with E-state index in [4.69, 9.17) is 5.11 Å². The lowest BCUT2D eigenvalue weighted by Crippen LogP contribution is -2.60.